The van der Waals surface area contributed by atoms with Crippen molar-refractivity contribution < 1.29 is 4.42 Å². The van der Waals surface area contributed by atoms with Gasteiger partial charge in [-0.2, -0.15) is 0 Å². The number of aryl methyl sites for hydroxylation is 2. The zero-order valence-electron chi connectivity index (χ0n) is 11.2. The molecule has 3 aromatic heterocycles. The molecule has 0 aliphatic rings. The molecule has 3 heterocycles. The van der Waals surface area contributed by atoms with E-state index in [1.807, 2.05) is 36.6 Å². The van der Waals surface area contributed by atoms with E-state index in [4.69, 9.17) is 10.2 Å². The van der Waals surface area contributed by atoms with Crippen molar-refractivity contribution in [2.24, 2.45) is 0 Å². The van der Waals surface area contributed by atoms with Gasteiger partial charge in [-0.3, -0.25) is 4.57 Å². The molecule has 1 atom stereocenters. The Morgan fingerprint density at radius 3 is 2.84 bits per heavy atom. The molecular formula is C14H16N4O. The third-order valence-corrected chi connectivity index (χ3v) is 3.39. The van der Waals surface area contributed by atoms with Crippen LogP contribution >= 0.6 is 0 Å². The van der Waals surface area contributed by atoms with Gasteiger partial charge in [-0.25, -0.2) is 9.97 Å². The number of nitrogens with zero attached hydrogens (tertiary/aromatic N) is 3. The molecule has 0 aliphatic carbocycles. The van der Waals surface area contributed by atoms with Gasteiger partial charge in [-0.1, -0.05) is 0 Å². The second kappa shape index (κ2) is 4.12. The van der Waals surface area contributed by atoms with Crippen molar-refractivity contribution in [3.05, 3.63) is 41.5 Å². The number of aromatic nitrogens is 3. The molecule has 0 amide bonds. The van der Waals surface area contributed by atoms with Crippen molar-refractivity contribution in [3.63, 3.8) is 0 Å². The van der Waals surface area contributed by atoms with Crippen LogP contribution < -0.4 is 5.73 Å². The number of furan rings is 1. The van der Waals surface area contributed by atoms with Crippen LogP contribution in [-0.4, -0.2) is 14.5 Å². The van der Waals surface area contributed by atoms with E-state index in [1.165, 1.54) is 0 Å². The molecule has 0 bridgehead atoms. The first kappa shape index (κ1) is 11.8. The van der Waals surface area contributed by atoms with Crippen LogP contribution in [0.4, 0.5) is 5.95 Å². The Labute approximate surface area is 111 Å². The first-order valence-corrected chi connectivity index (χ1v) is 6.23. The molecule has 0 saturated carbocycles. The summed E-state index contributed by atoms with van der Waals surface area (Å²) < 4.78 is 7.53. The van der Waals surface area contributed by atoms with Crippen LogP contribution in [0.3, 0.4) is 0 Å². The minimum atomic E-state index is 0.0392. The van der Waals surface area contributed by atoms with Gasteiger partial charge in [-0.15, -0.1) is 0 Å². The average molecular weight is 256 g/mol. The van der Waals surface area contributed by atoms with Crippen molar-refractivity contribution in [2.75, 3.05) is 5.73 Å². The van der Waals surface area contributed by atoms with E-state index in [1.54, 1.807) is 6.20 Å². The molecule has 5 heteroatoms. The number of rotatable bonds is 2. The number of hydrogen-bond donors (Lipinski definition) is 1. The Bertz CT molecular complexity index is 741. The Morgan fingerprint density at radius 2 is 2.16 bits per heavy atom. The molecule has 2 N–H and O–H groups in total. The third kappa shape index (κ3) is 1.78. The van der Waals surface area contributed by atoms with E-state index in [2.05, 4.69) is 16.9 Å². The first-order valence-electron chi connectivity index (χ1n) is 6.23. The normalized spacial score (nSPS) is 13.0. The summed E-state index contributed by atoms with van der Waals surface area (Å²) in [6, 6.07) is 5.85. The average Bonchev–Trinajstić information content (AvgIpc) is 2.87. The molecule has 0 radical (unpaired) electrons. The molecular weight excluding hydrogens is 240 g/mol. The summed E-state index contributed by atoms with van der Waals surface area (Å²) in [7, 11) is 0. The van der Waals surface area contributed by atoms with Crippen LogP contribution in [0.5, 0.6) is 0 Å². The SMILES string of the molecule is Cc1cc(C(C)n2c(N)nc3cccnc32)c(C)o1. The summed E-state index contributed by atoms with van der Waals surface area (Å²) >= 11 is 0. The fourth-order valence-electron chi connectivity index (χ4n) is 2.53. The summed E-state index contributed by atoms with van der Waals surface area (Å²) in [6.45, 7) is 5.97. The summed E-state index contributed by atoms with van der Waals surface area (Å²) in [5.74, 6) is 2.27. The molecule has 0 aromatic carbocycles. The van der Waals surface area contributed by atoms with Crippen molar-refractivity contribution >= 4 is 17.1 Å². The van der Waals surface area contributed by atoms with Crippen LogP contribution in [0, 0.1) is 13.8 Å². The quantitative estimate of drug-likeness (QED) is 0.765. The molecule has 3 aromatic rings. The van der Waals surface area contributed by atoms with Crippen LogP contribution in [0.15, 0.2) is 28.8 Å². The number of pyridine rings is 1. The van der Waals surface area contributed by atoms with Crippen molar-refractivity contribution in [1.29, 1.82) is 0 Å². The van der Waals surface area contributed by atoms with E-state index in [0.717, 1.165) is 28.2 Å². The number of nitrogen functional groups attached to an aromatic ring is 1. The van der Waals surface area contributed by atoms with E-state index >= 15 is 0 Å². The topological polar surface area (TPSA) is 69.9 Å². The maximum absolute atomic E-state index is 6.03. The Kier molecular flexibility index (Phi) is 2.55. The predicted octanol–water partition coefficient (Wildman–Crippen LogP) is 2.83. The maximum atomic E-state index is 6.03. The van der Waals surface area contributed by atoms with Gasteiger partial charge in [0.15, 0.2) is 5.65 Å². The van der Waals surface area contributed by atoms with Gasteiger partial charge in [0.2, 0.25) is 5.95 Å². The molecule has 0 saturated heterocycles. The van der Waals surface area contributed by atoms with Crippen LogP contribution in [0.25, 0.3) is 11.2 Å². The highest BCUT2D eigenvalue weighted by Gasteiger charge is 2.19. The minimum Gasteiger partial charge on any atom is -0.466 e. The zero-order chi connectivity index (χ0) is 13.6. The number of anilines is 1. The fraction of sp³-hybridized carbons (Fsp3) is 0.286. The molecule has 0 fully saturated rings. The molecule has 5 nitrogen and oxygen atoms in total. The number of imidazole rings is 1. The molecule has 98 valence electrons. The lowest BCUT2D eigenvalue weighted by molar-refractivity contribution is 0.495. The van der Waals surface area contributed by atoms with Crippen LogP contribution in [-0.2, 0) is 0 Å². The summed E-state index contributed by atoms with van der Waals surface area (Å²) in [4.78, 5) is 8.72. The van der Waals surface area contributed by atoms with E-state index in [-0.39, 0.29) is 6.04 Å². The van der Waals surface area contributed by atoms with Gasteiger partial charge in [0.05, 0.1) is 6.04 Å². The molecule has 0 aliphatic heterocycles. The van der Waals surface area contributed by atoms with Gasteiger partial charge < -0.3 is 10.2 Å². The number of fused-ring (bicyclic) bond motifs is 1. The summed E-state index contributed by atoms with van der Waals surface area (Å²) in [5.41, 5.74) is 8.74. The van der Waals surface area contributed by atoms with E-state index in [9.17, 15) is 0 Å². The van der Waals surface area contributed by atoms with Crippen molar-refractivity contribution in [1.82, 2.24) is 14.5 Å². The van der Waals surface area contributed by atoms with Gasteiger partial charge >= 0.3 is 0 Å². The fourth-order valence-corrected chi connectivity index (χ4v) is 2.53. The third-order valence-electron chi connectivity index (χ3n) is 3.39. The predicted molar refractivity (Wildman–Crippen MR) is 73.9 cm³/mol. The van der Waals surface area contributed by atoms with Crippen molar-refractivity contribution in [3.8, 4) is 0 Å². The summed E-state index contributed by atoms with van der Waals surface area (Å²) in [6.07, 6.45) is 1.75. The summed E-state index contributed by atoms with van der Waals surface area (Å²) in [5, 5.41) is 0. The van der Waals surface area contributed by atoms with Gasteiger partial charge in [-0.05, 0) is 39.0 Å². The Balaban J connectivity index is 2.19. The molecule has 3 rings (SSSR count). The van der Waals surface area contributed by atoms with Gasteiger partial charge in [0, 0.05) is 11.8 Å². The largest absolute Gasteiger partial charge is 0.466 e. The lowest BCUT2D eigenvalue weighted by atomic mass is 10.1. The molecule has 19 heavy (non-hydrogen) atoms. The lowest BCUT2D eigenvalue weighted by Gasteiger charge is -2.14. The zero-order valence-corrected chi connectivity index (χ0v) is 11.2. The molecule has 1 unspecified atom stereocenters. The standard InChI is InChI=1S/C14H16N4O/c1-8-7-11(10(3)19-8)9(2)18-13-12(17-14(18)15)5-4-6-16-13/h4-7,9H,1-3H3,(H2,15,17). The first-order chi connectivity index (χ1) is 9.08. The Morgan fingerprint density at radius 1 is 1.37 bits per heavy atom. The van der Waals surface area contributed by atoms with Gasteiger partial charge in [0.25, 0.3) is 0 Å². The number of hydrogen-bond acceptors (Lipinski definition) is 4. The van der Waals surface area contributed by atoms with Gasteiger partial charge in [0.1, 0.15) is 17.0 Å². The monoisotopic (exact) mass is 256 g/mol. The lowest BCUT2D eigenvalue weighted by Crippen LogP contribution is -2.11. The maximum Gasteiger partial charge on any atom is 0.203 e. The smallest absolute Gasteiger partial charge is 0.203 e. The highest BCUT2D eigenvalue weighted by molar-refractivity contribution is 5.74. The highest BCUT2D eigenvalue weighted by Crippen LogP contribution is 2.29. The van der Waals surface area contributed by atoms with Crippen LogP contribution in [0.1, 0.15) is 30.0 Å². The minimum absolute atomic E-state index is 0.0392. The van der Waals surface area contributed by atoms with Crippen molar-refractivity contribution in [2.45, 2.75) is 26.8 Å². The second-order valence-corrected chi connectivity index (χ2v) is 4.73. The van der Waals surface area contributed by atoms with E-state index in [0.29, 0.717) is 5.95 Å². The molecule has 0 spiro atoms. The number of nitrogens with two attached hydrogens (primary N) is 1. The highest BCUT2D eigenvalue weighted by atomic mass is 16.3. The van der Waals surface area contributed by atoms with E-state index < -0.39 is 0 Å². The second-order valence-electron chi connectivity index (χ2n) is 4.73. The Hall–Kier alpha value is -2.30. The van der Waals surface area contributed by atoms with Crippen LogP contribution in [0.2, 0.25) is 0 Å².